The van der Waals surface area contributed by atoms with Gasteiger partial charge in [0.2, 0.25) is 10.0 Å². The average Bonchev–Trinajstić information content (AvgIpc) is 2.42. The number of hydrogen-bond acceptors (Lipinski definition) is 4. The third kappa shape index (κ3) is 4.18. The first kappa shape index (κ1) is 16.7. The zero-order chi connectivity index (χ0) is 15.6. The molecule has 0 amide bonds. The monoisotopic (exact) mass is 375 g/mol. The summed E-state index contributed by atoms with van der Waals surface area (Å²) in [7, 11) is -1.43. The summed E-state index contributed by atoms with van der Waals surface area (Å²) in [5.74, 6) is 0.404. The molecule has 0 atom stereocenters. The molecule has 1 fully saturated rings. The van der Waals surface area contributed by atoms with Gasteiger partial charge in [-0.05, 0) is 63.5 Å². The summed E-state index contributed by atoms with van der Waals surface area (Å²) in [4.78, 5) is 2.52. The van der Waals surface area contributed by atoms with Crippen molar-refractivity contribution >= 4 is 31.6 Å². The fourth-order valence-corrected chi connectivity index (χ4v) is 4.57. The van der Waals surface area contributed by atoms with Crippen molar-refractivity contribution in [1.82, 2.24) is 9.62 Å². The Labute approximate surface area is 135 Å². The minimum Gasteiger partial charge on any atom is -0.398 e. The lowest BCUT2D eigenvalue weighted by molar-refractivity contribution is 0.220. The Bertz CT molecular complexity index is 611. The lowest BCUT2D eigenvalue weighted by Crippen LogP contribution is -2.37. The van der Waals surface area contributed by atoms with E-state index in [4.69, 9.17) is 5.73 Å². The van der Waals surface area contributed by atoms with Gasteiger partial charge in [-0.3, -0.25) is 0 Å². The van der Waals surface area contributed by atoms with Crippen LogP contribution in [-0.2, 0) is 10.0 Å². The fourth-order valence-electron chi connectivity index (χ4n) is 2.52. The Morgan fingerprint density at radius 1 is 1.38 bits per heavy atom. The Hall–Kier alpha value is -0.630. The average molecular weight is 376 g/mol. The van der Waals surface area contributed by atoms with Gasteiger partial charge in [-0.1, -0.05) is 15.9 Å². The summed E-state index contributed by atoms with van der Waals surface area (Å²) in [6.07, 6.45) is 2.05. The third-order valence-corrected chi connectivity index (χ3v) is 6.06. The van der Waals surface area contributed by atoms with E-state index < -0.39 is 10.0 Å². The number of benzene rings is 1. The summed E-state index contributed by atoms with van der Waals surface area (Å²) >= 11 is 3.30. The van der Waals surface area contributed by atoms with Gasteiger partial charge >= 0.3 is 0 Å². The van der Waals surface area contributed by atoms with Crippen LogP contribution in [0.2, 0.25) is 0 Å². The zero-order valence-electron chi connectivity index (χ0n) is 12.4. The van der Waals surface area contributed by atoms with Gasteiger partial charge in [0.25, 0.3) is 0 Å². The van der Waals surface area contributed by atoms with Crippen molar-refractivity contribution < 1.29 is 8.42 Å². The Kier molecular flexibility index (Phi) is 5.29. The van der Waals surface area contributed by atoms with Crippen molar-refractivity contribution in [2.75, 3.05) is 32.4 Å². The summed E-state index contributed by atoms with van der Waals surface area (Å²) < 4.78 is 28.3. The zero-order valence-corrected chi connectivity index (χ0v) is 14.8. The van der Waals surface area contributed by atoms with Crippen LogP contribution < -0.4 is 10.5 Å². The van der Waals surface area contributed by atoms with E-state index in [1.54, 1.807) is 19.1 Å². The van der Waals surface area contributed by atoms with Crippen LogP contribution in [-0.4, -0.2) is 40.0 Å². The second kappa shape index (κ2) is 6.64. The predicted molar refractivity (Wildman–Crippen MR) is 88.7 cm³/mol. The number of anilines is 1. The van der Waals surface area contributed by atoms with Crippen molar-refractivity contribution in [2.45, 2.75) is 24.7 Å². The third-order valence-electron chi connectivity index (χ3n) is 4.05. The van der Waals surface area contributed by atoms with Crippen LogP contribution >= 0.6 is 15.9 Å². The molecule has 1 aliphatic rings. The quantitative estimate of drug-likeness (QED) is 0.788. The molecule has 1 aromatic rings. The molecular formula is C14H22BrN3O2S. The fraction of sp³-hybridized carbons (Fsp3) is 0.571. The Balaban J connectivity index is 2.09. The molecule has 3 N–H and O–H groups in total. The van der Waals surface area contributed by atoms with Crippen LogP contribution in [0.4, 0.5) is 5.69 Å². The number of nitrogens with two attached hydrogens (primary N) is 1. The van der Waals surface area contributed by atoms with Gasteiger partial charge in [-0.25, -0.2) is 13.1 Å². The van der Waals surface area contributed by atoms with Crippen LogP contribution in [0.3, 0.4) is 0 Å². The second-order valence-corrected chi connectivity index (χ2v) is 8.37. The molecular weight excluding hydrogens is 354 g/mol. The highest BCUT2D eigenvalue weighted by molar-refractivity contribution is 9.10. The molecule has 1 aromatic carbocycles. The normalized spacial score (nSPS) is 18.0. The number of piperidine rings is 1. The lowest BCUT2D eigenvalue weighted by Gasteiger charge is -2.29. The van der Waals surface area contributed by atoms with Crippen molar-refractivity contribution in [3.63, 3.8) is 0 Å². The number of nitrogens with zero attached hydrogens (tertiary/aromatic N) is 1. The topological polar surface area (TPSA) is 75.4 Å². The molecule has 0 spiro atoms. The summed E-state index contributed by atoms with van der Waals surface area (Å²) in [5, 5.41) is 0. The van der Waals surface area contributed by atoms with Gasteiger partial charge in [-0.15, -0.1) is 0 Å². The standard InChI is InChI=1S/C14H22BrN3O2S/c1-10-13(16)7-12(15)8-14(10)21(19,20)17-9-11-3-5-18(2)6-4-11/h7-8,11,17H,3-6,9,16H2,1-2H3. The molecule has 2 rings (SSSR count). The summed E-state index contributed by atoms with van der Waals surface area (Å²) in [5.41, 5.74) is 6.91. The van der Waals surface area contributed by atoms with Gasteiger partial charge in [0.1, 0.15) is 0 Å². The number of sulfonamides is 1. The number of hydrogen-bond donors (Lipinski definition) is 2. The first-order chi connectivity index (χ1) is 9.79. The van der Waals surface area contributed by atoms with Crippen LogP contribution in [0.15, 0.2) is 21.5 Å². The van der Waals surface area contributed by atoms with Crippen LogP contribution in [0.25, 0.3) is 0 Å². The van der Waals surface area contributed by atoms with E-state index in [1.165, 1.54) is 0 Å². The van der Waals surface area contributed by atoms with Crippen molar-refractivity contribution in [1.29, 1.82) is 0 Å². The van der Waals surface area contributed by atoms with Crippen LogP contribution in [0.5, 0.6) is 0 Å². The van der Waals surface area contributed by atoms with E-state index in [2.05, 4.69) is 32.6 Å². The Morgan fingerprint density at radius 2 is 2.00 bits per heavy atom. The van der Waals surface area contributed by atoms with Gasteiger partial charge in [0, 0.05) is 16.7 Å². The lowest BCUT2D eigenvalue weighted by atomic mass is 9.98. The van der Waals surface area contributed by atoms with E-state index in [1.807, 2.05) is 0 Å². The highest BCUT2D eigenvalue weighted by atomic mass is 79.9. The molecule has 0 saturated carbocycles. The molecule has 118 valence electrons. The van der Waals surface area contributed by atoms with Crippen molar-refractivity contribution in [2.24, 2.45) is 5.92 Å². The van der Waals surface area contributed by atoms with E-state index in [9.17, 15) is 8.42 Å². The van der Waals surface area contributed by atoms with Crippen LogP contribution in [0.1, 0.15) is 18.4 Å². The van der Waals surface area contributed by atoms with Gasteiger partial charge in [0.15, 0.2) is 0 Å². The van der Waals surface area contributed by atoms with Gasteiger partial charge in [0.05, 0.1) is 4.90 Å². The minimum absolute atomic E-state index is 0.252. The highest BCUT2D eigenvalue weighted by Gasteiger charge is 2.22. The van der Waals surface area contributed by atoms with E-state index in [0.29, 0.717) is 28.2 Å². The molecule has 1 aliphatic heterocycles. The molecule has 1 saturated heterocycles. The summed E-state index contributed by atoms with van der Waals surface area (Å²) in [6, 6.07) is 3.31. The minimum atomic E-state index is -3.52. The van der Waals surface area contributed by atoms with Crippen LogP contribution in [0, 0.1) is 12.8 Å². The Morgan fingerprint density at radius 3 is 2.62 bits per heavy atom. The number of nitrogen functional groups attached to an aromatic ring is 1. The molecule has 5 nitrogen and oxygen atoms in total. The van der Waals surface area contributed by atoms with Crippen molar-refractivity contribution in [3.8, 4) is 0 Å². The van der Waals surface area contributed by atoms with Gasteiger partial charge in [-0.2, -0.15) is 0 Å². The van der Waals surface area contributed by atoms with E-state index in [-0.39, 0.29) is 4.90 Å². The maximum atomic E-state index is 12.5. The van der Waals surface area contributed by atoms with Gasteiger partial charge < -0.3 is 10.6 Å². The molecule has 0 bridgehead atoms. The smallest absolute Gasteiger partial charge is 0.240 e. The second-order valence-electron chi connectivity index (χ2n) is 5.72. The molecule has 0 radical (unpaired) electrons. The number of halogens is 1. The number of rotatable bonds is 4. The first-order valence-corrected chi connectivity index (χ1v) is 9.31. The maximum Gasteiger partial charge on any atom is 0.240 e. The molecule has 0 aromatic heterocycles. The molecule has 0 unspecified atom stereocenters. The van der Waals surface area contributed by atoms with E-state index in [0.717, 1.165) is 25.9 Å². The SMILES string of the molecule is Cc1c(N)cc(Br)cc1S(=O)(=O)NCC1CCN(C)CC1. The maximum absolute atomic E-state index is 12.5. The highest BCUT2D eigenvalue weighted by Crippen LogP contribution is 2.26. The molecule has 7 heteroatoms. The molecule has 21 heavy (non-hydrogen) atoms. The first-order valence-electron chi connectivity index (χ1n) is 7.03. The number of nitrogens with one attached hydrogen (secondary N) is 1. The molecule has 0 aliphatic carbocycles. The van der Waals surface area contributed by atoms with E-state index >= 15 is 0 Å². The molecule has 1 heterocycles. The predicted octanol–water partition coefficient (Wildman–Crippen LogP) is 1.96. The largest absolute Gasteiger partial charge is 0.398 e. The van der Waals surface area contributed by atoms with Crippen molar-refractivity contribution in [3.05, 3.63) is 22.2 Å². The number of likely N-dealkylation sites (tertiary alicyclic amines) is 1. The summed E-state index contributed by atoms with van der Waals surface area (Å²) in [6.45, 7) is 4.26.